The van der Waals surface area contributed by atoms with Crippen molar-refractivity contribution in [3.63, 3.8) is 0 Å². The van der Waals surface area contributed by atoms with Gasteiger partial charge in [0.1, 0.15) is 0 Å². The first-order valence-corrected chi connectivity index (χ1v) is 6.46. The van der Waals surface area contributed by atoms with E-state index in [4.69, 9.17) is 11.6 Å². The van der Waals surface area contributed by atoms with E-state index in [2.05, 4.69) is 34.8 Å². The van der Waals surface area contributed by atoms with Gasteiger partial charge in [0.25, 0.3) is 0 Å². The third-order valence-electron chi connectivity index (χ3n) is 2.23. The smallest absolute Gasteiger partial charge is 0.160 e. The van der Waals surface area contributed by atoms with Crippen molar-refractivity contribution in [3.8, 4) is 11.3 Å². The molecule has 0 aliphatic carbocycles. The molecule has 0 amide bonds. The molecule has 1 aromatic heterocycles. The van der Waals surface area contributed by atoms with E-state index in [1.54, 1.807) is 11.3 Å². The molecule has 0 aliphatic heterocycles. The van der Waals surface area contributed by atoms with Crippen LogP contribution in [0.1, 0.15) is 10.4 Å². The molecule has 0 aliphatic rings. The Kier molecular flexibility index (Phi) is 3.14. The van der Waals surface area contributed by atoms with Crippen LogP contribution in [-0.4, -0.2) is 4.98 Å². The standard InChI is InChI=1S/C11H9BrClNS/c1-6-3-4-8(13)5-9(6)10-7(2)15-11(12)14-10/h3-5H,1-2H3. The van der Waals surface area contributed by atoms with Crippen molar-refractivity contribution in [1.29, 1.82) is 0 Å². The summed E-state index contributed by atoms with van der Waals surface area (Å²) in [5.74, 6) is 0. The predicted molar refractivity (Wildman–Crippen MR) is 69.7 cm³/mol. The molecular weight excluding hydrogens is 294 g/mol. The fourth-order valence-corrected chi connectivity index (χ4v) is 3.18. The Labute approximate surface area is 106 Å². The van der Waals surface area contributed by atoms with Crippen LogP contribution >= 0.6 is 38.9 Å². The molecule has 0 radical (unpaired) electrons. The van der Waals surface area contributed by atoms with E-state index >= 15 is 0 Å². The van der Waals surface area contributed by atoms with E-state index in [0.29, 0.717) is 0 Å². The van der Waals surface area contributed by atoms with Gasteiger partial charge in [0.15, 0.2) is 3.92 Å². The minimum absolute atomic E-state index is 0.749. The summed E-state index contributed by atoms with van der Waals surface area (Å²) in [6, 6.07) is 5.88. The van der Waals surface area contributed by atoms with Crippen molar-refractivity contribution in [2.75, 3.05) is 0 Å². The number of nitrogens with zero attached hydrogens (tertiary/aromatic N) is 1. The van der Waals surface area contributed by atoms with Crippen molar-refractivity contribution in [1.82, 2.24) is 4.98 Å². The number of aryl methyl sites for hydroxylation is 2. The van der Waals surface area contributed by atoms with Gasteiger partial charge in [0.05, 0.1) is 5.69 Å². The number of hydrogen-bond donors (Lipinski definition) is 0. The normalized spacial score (nSPS) is 10.7. The second kappa shape index (κ2) is 4.24. The molecule has 0 atom stereocenters. The third kappa shape index (κ3) is 2.25. The van der Waals surface area contributed by atoms with E-state index in [0.717, 1.165) is 20.2 Å². The lowest BCUT2D eigenvalue weighted by Gasteiger charge is -2.04. The van der Waals surface area contributed by atoms with Gasteiger partial charge in [-0.1, -0.05) is 17.7 Å². The summed E-state index contributed by atoms with van der Waals surface area (Å²) in [5, 5.41) is 0.749. The van der Waals surface area contributed by atoms with Crippen LogP contribution in [0.3, 0.4) is 0 Å². The fourth-order valence-electron chi connectivity index (χ4n) is 1.46. The highest BCUT2D eigenvalue weighted by atomic mass is 79.9. The molecule has 2 rings (SSSR count). The number of hydrogen-bond acceptors (Lipinski definition) is 2. The maximum Gasteiger partial charge on any atom is 0.160 e. The van der Waals surface area contributed by atoms with E-state index < -0.39 is 0 Å². The summed E-state index contributed by atoms with van der Waals surface area (Å²) < 4.78 is 0.911. The molecule has 4 heteroatoms. The Hall–Kier alpha value is -0.380. The largest absolute Gasteiger partial charge is 0.229 e. The highest BCUT2D eigenvalue weighted by Crippen LogP contribution is 2.33. The van der Waals surface area contributed by atoms with Gasteiger partial charge in [0, 0.05) is 15.5 Å². The summed E-state index contributed by atoms with van der Waals surface area (Å²) in [6.07, 6.45) is 0. The van der Waals surface area contributed by atoms with Gasteiger partial charge in [0.2, 0.25) is 0 Å². The average Bonchev–Trinajstić information content (AvgIpc) is 2.50. The number of halogens is 2. The molecular formula is C11H9BrClNS. The predicted octanol–water partition coefficient (Wildman–Crippen LogP) is 4.84. The Morgan fingerprint density at radius 1 is 1.33 bits per heavy atom. The van der Waals surface area contributed by atoms with Crippen molar-refractivity contribution in [2.24, 2.45) is 0 Å². The molecule has 0 fully saturated rings. The summed E-state index contributed by atoms with van der Waals surface area (Å²) in [7, 11) is 0. The van der Waals surface area contributed by atoms with Crippen LogP contribution in [0.4, 0.5) is 0 Å². The summed E-state index contributed by atoms with van der Waals surface area (Å²) >= 11 is 11.0. The SMILES string of the molecule is Cc1ccc(Cl)cc1-c1nc(Br)sc1C. The van der Waals surface area contributed by atoms with Crippen LogP contribution in [0, 0.1) is 13.8 Å². The highest BCUT2D eigenvalue weighted by Gasteiger charge is 2.10. The molecule has 78 valence electrons. The Balaban J connectivity index is 2.62. The van der Waals surface area contributed by atoms with Crippen LogP contribution in [0.15, 0.2) is 22.1 Å². The number of rotatable bonds is 1. The second-order valence-electron chi connectivity index (χ2n) is 3.33. The molecule has 0 unspecified atom stereocenters. The first kappa shape index (κ1) is 11.1. The van der Waals surface area contributed by atoms with Crippen LogP contribution in [0.2, 0.25) is 5.02 Å². The summed E-state index contributed by atoms with van der Waals surface area (Å²) in [5.41, 5.74) is 3.33. The monoisotopic (exact) mass is 301 g/mol. The number of thiazole rings is 1. The minimum atomic E-state index is 0.749. The van der Waals surface area contributed by atoms with Crippen molar-refractivity contribution >= 4 is 38.9 Å². The topological polar surface area (TPSA) is 12.9 Å². The molecule has 0 bridgehead atoms. The van der Waals surface area contributed by atoms with Gasteiger partial charge in [-0.15, -0.1) is 11.3 Å². The van der Waals surface area contributed by atoms with Crippen LogP contribution in [-0.2, 0) is 0 Å². The zero-order valence-corrected chi connectivity index (χ0v) is 11.5. The molecule has 0 spiro atoms. The van der Waals surface area contributed by atoms with Crippen molar-refractivity contribution in [3.05, 3.63) is 37.6 Å². The summed E-state index contributed by atoms with van der Waals surface area (Å²) in [6.45, 7) is 4.14. The lowest BCUT2D eigenvalue weighted by Crippen LogP contribution is -1.85. The zero-order valence-electron chi connectivity index (χ0n) is 8.34. The van der Waals surface area contributed by atoms with Crippen LogP contribution < -0.4 is 0 Å². The average molecular weight is 303 g/mol. The van der Waals surface area contributed by atoms with E-state index in [9.17, 15) is 0 Å². The number of aromatic nitrogens is 1. The molecule has 0 saturated carbocycles. The lowest BCUT2D eigenvalue weighted by molar-refractivity contribution is 1.32. The minimum Gasteiger partial charge on any atom is -0.229 e. The Morgan fingerprint density at radius 3 is 2.67 bits per heavy atom. The molecule has 1 heterocycles. The van der Waals surface area contributed by atoms with Crippen molar-refractivity contribution in [2.45, 2.75) is 13.8 Å². The van der Waals surface area contributed by atoms with E-state index in [1.807, 2.05) is 18.2 Å². The van der Waals surface area contributed by atoms with Crippen molar-refractivity contribution < 1.29 is 0 Å². The maximum absolute atomic E-state index is 5.99. The molecule has 0 saturated heterocycles. The van der Waals surface area contributed by atoms with Gasteiger partial charge < -0.3 is 0 Å². The molecule has 1 aromatic carbocycles. The van der Waals surface area contributed by atoms with Gasteiger partial charge >= 0.3 is 0 Å². The molecule has 2 aromatic rings. The summed E-state index contributed by atoms with van der Waals surface area (Å²) in [4.78, 5) is 5.66. The van der Waals surface area contributed by atoms with Gasteiger partial charge in [-0.05, 0) is 47.5 Å². The molecule has 0 N–H and O–H groups in total. The van der Waals surface area contributed by atoms with Gasteiger partial charge in [-0.2, -0.15) is 0 Å². The van der Waals surface area contributed by atoms with Gasteiger partial charge in [-0.25, -0.2) is 4.98 Å². The zero-order chi connectivity index (χ0) is 11.0. The Bertz CT molecular complexity index is 507. The number of benzene rings is 1. The van der Waals surface area contributed by atoms with Gasteiger partial charge in [-0.3, -0.25) is 0 Å². The first-order chi connectivity index (χ1) is 7.08. The third-order valence-corrected chi connectivity index (χ3v) is 3.88. The quantitative estimate of drug-likeness (QED) is 0.734. The highest BCUT2D eigenvalue weighted by molar-refractivity contribution is 9.11. The van der Waals surface area contributed by atoms with E-state index in [1.165, 1.54) is 10.4 Å². The van der Waals surface area contributed by atoms with E-state index in [-0.39, 0.29) is 0 Å². The van der Waals surface area contributed by atoms with Crippen LogP contribution in [0.5, 0.6) is 0 Å². The lowest BCUT2D eigenvalue weighted by atomic mass is 10.1. The van der Waals surface area contributed by atoms with Crippen LogP contribution in [0.25, 0.3) is 11.3 Å². The Morgan fingerprint density at radius 2 is 2.07 bits per heavy atom. The molecule has 1 nitrogen and oxygen atoms in total. The second-order valence-corrected chi connectivity index (χ2v) is 6.25. The maximum atomic E-state index is 5.99. The first-order valence-electron chi connectivity index (χ1n) is 4.47. The molecule has 15 heavy (non-hydrogen) atoms. The fraction of sp³-hybridized carbons (Fsp3) is 0.182.